The molecule has 0 spiro atoms. The van der Waals surface area contributed by atoms with Gasteiger partial charge in [-0.15, -0.1) is 0 Å². The second-order valence-electron chi connectivity index (χ2n) is 4.77. The molecule has 6 nitrogen and oxygen atoms in total. The highest BCUT2D eigenvalue weighted by Crippen LogP contribution is 2.35. The van der Waals surface area contributed by atoms with Gasteiger partial charge in [0.25, 0.3) is 0 Å². The van der Waals surface area contributed by atoms with E-state index in [4.69, 9.17) is 0 Å². The minimum Gasteiger partial charge on any atom is -0.391 e. The number of para-hydroxylation sites is 1. The van der Waals surface area contributed by atoms with Crippen LogP contribution >= 0.6 is 0 Å². The van der Waals surface area contributed by atoms with Gasteiger partial charge in [0.1, 0.15) is 11.4 Å². The summed E-state index contributed by atoms with van der Waals surface area (Å²) in [4.78, 5) is 10.8. The van der Waals surface area contributed by atoms with Crippen molar-refractivity contribution in [2.75, 3.05) is 23.7 Å². The topological polar surface area (TPSA) is 87.4 Å². The number of nitrogens with zero attached hydrogens (tertiary/aromatic N) is 1. The van der Waals surface area contributed by atoms with E-state index < -0.39 is 11.0 Å². The summed E-state index contributed by atoms with van der Waals surface area (Å²) in [6.07, 6.45) is 1.66. The molecule has 19 heavy (non-hydrogen) atoms. The Labute approximate surface area is 112 Å². The summed E-state index contributed by atoms with van der Waals surface area (Å²) >= 11 is 0. The highest BCUT2D eigenvalue weighted by atomic mass is 16.6. The van der Waals surface area contributed by atoms with Gasteiger partial charge in [-0.1, -0.05) is 6.07 Å². The predicted molar refractivity (Wildman–Crippen MR) is 74.5 cm³/mol. The lowest BCUT2D eigenvalue weighted by molar-refractivity contribution is -0.383. The van der Waals surface area contributed by atoms with Gasteiger partial charge in [0.2, 0.25) is 0 Å². The smallest absolute Gasteiger partial charge is 0.315 e. The highest BCUT2D eigenvalue weighted by molar-refractivity contribution is 5.76. The zero-order chi connectivity index (χ0) is 13.8. The first-order chi connectivity index (χ1) is 9.13. The van der Waals surface area contributed by atoms with Gasteiger partial charge in [-0.25, -0.2) is 0 Å². The van der Waals surface area contributed by atoms with Crippen LogP contribution in [0.15, 0.2) is 18.2 Å². The van der Waals surface area contributed by atoms with Crippen LogP contribution in [0.1, 0.15) is 19.8 Å². The monoisotopic (exact) mass is 265 g/mol. The summed E-state index contributed by atoms with van der Waals surface area (Å²) in [5, 5.41) is 26.9. The van der Waals surface area contributed by atoms with Crippen LogP contribution in [0.2, 0.25) is 0 Å². The molecule has 1 aliphatic carbocycles. The van der Waals surface area contributed by atoms with E-state index in [0.29, 0.717) is 30.4 Å². The average molecular weight is 265 g/mol. The van der Waals surface area contributed by atoms with Crippen LogP contribution in [0.3, 0.4) is 0 Å². The van der Waals surface area contributed by atoms with Gasteiger partial charge in [0.15, 0.2) is 0 Å². The molecular weight excluding hydrogens is 246 g/mol. The predicted octanol–water partition coefficient (Wildman–Crippen LogP) is 2.21. The van der Waals surface area contributed by atoms with E-state index in [9.17, 15) is 15.2 Å². The Bertz CT molecular complexity index is 460. The molecule has 1 aromatic carbocycles. The number of anilines is 2. The van der Waals surface area contributed by atoms with Gasteiger partial charge in [-0.05, 0) is 37.8 Å². The molecule has 0 radical (unpaired) electrons. The van der Waals surface area contributed by atoms with Crippen LogP contribution in [0.5, 0.6) is 0 Å². The van der Waals surface area contributed by atoms with Crippen molar-refractivity contribution < 1.29 is 10.0 Å². The number of hydrogen-bond donors (Lipinski definition) is 3. The summed E-state index contributed by atoms with van der Waals surface area (Å²) in [5.74, 6) is 0.350. The number of benzene rings is 1. The van der Waals surface area contributed by atoms with E-state index in [1.54, 1.807) is 18.2 Å². The quantitative estimate of drug-likeness (QED) is 0.519. The van der Waals surface area contributed by atoms with Crippen molar-refractivity contribution in [3.05, 3.63) is 28.3 Å². The SMILES string of the molecule is CCNc1cccc(NCC(O)C2CC2)c1[N+](=O)[O-]. The Balaban J connectivity index is 2.13. The normalized spacial score (nSPS) is 15.9. The third-order valence-corrected chi connectivity index (χ3v) is 3.25. The van der Waals surface area contributed by atoms with Crippen molar-refractivity contribution in [1.82, 2.24) is 0 Å². The molecule has 0 bridgehead atoms. The van der Waals surface area contributed by atoms with Gasteiger partial charge in [-0.2, -0.15) is 0 Å². The van der Waals surface area contributed by atoms with Crippen LogP contribution in [-0.2, 0) is 0 Å². The third kappa shape index (κ3) is 3.35. The molecular formula is C13H19N3O3. The second kappa shape index (κ2) is 5.88. The lowest BCUT2D eigenvalue weighted by Crippen LogP contribution is -2.21. The molecule has 0 aliphatic heterocycles. The Morgan fingerprint density at radius 1 is 1.42 bits per heavy atom. The molecule has 6 heteroatoms. The number of aliphatic hydroxyl groups is 1. The molecule has 1 unspecified atom stereocenters. The van der Waals surface area contributed by atoms with Gasteiger partial charge in [-0.3, -0.25) is 10.1 Å². The van der Waals surface area contributed by atoms with Crippen LogP contribution in [-0.4, -0.2) is 29.2 Å². The second-order valence-corrected chi connectivity index (χ2v) is 4.77. The fourth-order valence-corrected chi connectivity index (χ4v) is 2.08. The highest BCUT2D eigenvalue weighted by Gasteiger charge is 2.30. The minimum absolute atomic E-state index is 0.0346. The summed E-state index contributed by atoms with van der Waals surface area (Å²) < 4.78 is 0. The molecule has 104 valence electrons. The first-order valence-electron chi connectivity index (χ1n) is 6.56. The van der Waals surface area contributed by atoms with Crippen molar-refractivity contribution in [3.8, 4) is 0 Å². The maximum absolute atomic E-state index is 11.2. The first-order valence-corrected chi connectivity index (χ1v) is 6.56. The molecule has 1 aromatic rings. The number of nitro groups is 1. The Hall–Kier alpha value is -1.82. The maximum Gasteiger partial charge on any atom is 0.315 e. The maximum atomic E-state index is 11.2. The fraction of sp³-hybridized carbons (Fsp3) is 0.538. The standard InChI is InChI=1S/C13H19N3O3/c1-2-14-10-4-3-5-11(13(10)16(18)19)15-8-12(17)9-6-7-9/h3-5,9,12,14-15,17H,2,6-8H2,1H3. The molecule has 0 heterocycles. The van der Waals surface area contributed by atoms with Gasteiger partial charge in [0, 0.05) is 13.1 Å². The minimum atomic E-state index is -0.428. The number of aliphatic hydroxyl groups excluding tert-OH is 1. The number of hydrogen-bond acceptors (Lipinski definition) is 5. The van der Waals surface area contributed by atoms with Crippen molar-refractivity contribution in [2.45, 2.75) is 25.9 Å². The molecule has 0 amide bonds. The van der Waals surface area contributed by atoms with Crippen molar-refractivity contribution >= 4 is 17.1 Å². The van der Waals surface area contributed by atoms with Crippen molar-refractivity contribution in [2.24, 2.45) is 5.92 Å². The molecule has 1 atom stereocenters. The molecule has 0 aromatic heterocycles. The molecule has 1 fully saturated rings. The van der Waals surface area contributed by atoms with E-state index in [0.717, 1.165) is 12.8 Å². The van der Waals surface area contributed by atoms with Crippen LogP contribution in [0.4, 0.5) is 17.1 Å². The third-order valence-electron chi connectivity index (χ3n) is 3.25. The Kier molecular flexibility index (Phi) is 4.21. The average Bonchev–Trinajstić information content (AvgIpc) is 3.20. The zero-order valence-corrected chi connectivity index (χ0v) is 10.9. The van der Waals surface area contributed by atoms with Crippen molar-refractivity contribution in [3.63, 3.8) is 0 Å². The van der Waals surface area contributed by atoms with Gasteiger partial charge in [0.05, 0.1) is 11.0 Å². The van der Waals surface area contributed by atoms with Gasteiger partial charge >= 0.3 is 5.69 Å². The first kappa shape index (κ1) is 13.6. The van der Waals surface area contributed by atoms with Gasteiger partial charge < -0.3 is 15.7 Å². The fourth-order valence-electron chi connectivity index (χ4n) is 2.08. The van der Waals surface area contributed by atoms with E-state index in [1.165, 1.54) is 0 Å². The molecule has 0 saturated heterocycles. The van der Waals surface area contributed by atoms with Crippen molar-refractivity contribution in [1.29, 1.82) is 0 Å². The lowest BCUT2D eigenvalue weighted by atomic mass is 10.2. The van der Waals surface area contributed by atoms with Crippen LogP contribution in [0, 0.1) is 16.0 Å². The zero-order valence-electron chi connectivity index (χ0n) is 10.9. The summed E-state index contributed by atoms with van der Waals surface area (Å²) in [7, 11) is 0. The molecule has 1 aliphatic rings. The number of nitro benzene ring substituents is 1. The molecule has 2 rings (SSSR count). The Morgan fingerprint density at radius 3 is 2.58 bits per heavy atom. The van der Waals surface area contributed by atoms with E-state index in [-0.39, 0.29) is 5.69 Å². The Morgan fingerprint density at radius 2 is 2.05 bits per heavy atom. The molecule has 1 saturated carbocycles. The number of nitrogens with one attached hydrogen (secondary N) is 2. The molecule has 3 N–H and O–H groups in total. The van der Waals surface area contributed by atoms with E-state index in [1.807, 2.05) is 6.92 Å². The van der Waals surface area contributed by atoms with E-state index >= 15 is 0 Å². The largest absolute Gasteiger partial charge is 0.391 e. The van der Waals surface area contributed by atoms with Crippen LogP contribution < -0.4 is 10.6 Å². The summed E-state index contributed by atoms with van der Waals surface area (Å²) in [6, 6.07) is 5.11. The van der Waals surface area contributed by atoms with Crippen LogP contribution in [0.25, 0.3) is 0 Å². The lowest BCUT2D eigenvalue weighted by Gasteiger charge is -2.13. The summed E-state index contributed by atoms with van der Waals surface area (Å²) in [6.45, 7) is 2.86. The summed E-state index contributed by atoms with van der Waals surface area (Å²) in [5.41, 5.74) is 0.980. The van der Waals surface area contributed by atoms with E-state index in [2.05, 4.69) is 10.6 Å². The number of rotatable bonds is 7.